The molecular formula is C9H8BrClN2OS. The number of rotatable bonds is 4. The third kappa shape index (κ3) is 2.59. The highest BCUT2D eigenvalue weighted by Crippen LogP contribution is 2.32. The van der Waals surface area contributed by atoms with Crippen molar-refractivity contribution in [2.75, 3.05) is 5.88 Å². The van der Waals surface area contributed by atoms with Gasteiger partial charge in [0.15, 0.2) is 0 Å². The molecule has 0 aromatic carbocycles. The molecule has 0 aliphatic heterocycles. The van der Waals surface area contributed by atoms with E-state index < -0.39 is 0 Å². The number of aryl methyl sites for hydroxylation is 1. The Balaban J connectivity index is 2.17. The summed E-state index contributed by atoms with van der Waals surface area (Å²) in [5, 5.41) is 9.93. The van der Waals surface area contributed by atoms with Crippen LogP contribution in [-0.4, -0.2) is 16.1 Å². The van der Waals surface area contributed by atoms with Crippen LogP contribution in [0.2, 0.25) is 0 Å². The van der Waals surface area contributed by atoms with Crippen LogP contribution in [0.4, 0.5) is 0 Å². The second-order valence-electron chi connectivity index (χ2n) is 2.89. The van der Waals surface area contributed by atoms with Crippen LogP contribution in [0.15, 0.2) is 20.3 Å². The second-order valence-corrected chi connectivity index (χ2v) is 5.04. The Morgan fingerprint density at radius 3 is 3.00 bits per heavy atom. The number of hydrogen-bond acceptors (Lipinski definition) is 4. The molecule has 2 aromatic heterocycles. The van der Waals surface area contributed by atoms with Gasteiger partial charge in [0.25, 0.3) is 5.89 Å². The topological polar surface area (TPSA) is 38.9 Å². The average Bonchev–Trinajstić information content (AvgIpc) is 2.83. The molecule has 2 heterocycles. The summed E-state index contributed by atoms with van der Waals surface area (Å²) in [5.41, 5.74) is 0. The molecule has 0 aliphatic rings. The van der Waals surface area contributed by atoms with E-state index >= 15 is 0 Å². The minimum atomic E-state index is 0.571. The lowest BCUT2D eigenvalue weighted by Crippen LogP contribution is -1.85. The van der Waals surface area contributed by atoms with Gasteiger partial charge in [0.05, 0.1) is 0 Å². The van der Waals surface area contributed by atoms with E-state index in [0.717, 1.165) is 22.2 Å². The van der Waals surface area contributed by atoms with Crippen LogP contribution < -0.4 is 0 Å². The summed E-state index contributed by atoms with van der Waals surface area (Å²) >= 11 is 10.6. The zero-order valence-corrected chi connectivity index (χ0v) is 10.9. The summed E-state index contributed by atoms with van der Waals surface area (Å²) < 4.78 is 6.50. The van der Waals surface area contributed by atoms with Crippen LogP contribution in [0, 0.1) is 0 Å². The summed E-state index contributed by atoms with van der Waals surface area (Å²) in [6.07, 6.45) is 1.59. The lowest BCUT2D eigenvalue weighted by molar-refractivity contribution is 0.503. The molecule has 15 heavy (non-hydrogen) atoms. The zero-order valence-electron chi connectivity index (χ0n) is 7.74. The third-order valence-electron chi connectivity index (χ3n) is 1.80. The van der Waals surface area contributed by atoms with E-state index in [9.17, 15) is 0 Å². The maximum atomic E-state index is 5.59. The van der Waals surface area contributed by atoms with Crippen molar-refractivity contribution >= 4 is 38.9 Å². The van der Waals surface area contributed by atoms with Crippen molar-refractivity contribution in [2.45, 2.75) is 12.8 Å². The Morgan fingerprint density at radius 1 is 1.47 bits per heavy atom. The maximum Gasteiger partial charge on any atom is 0.258 e. The molecule has 0 radical (unpaired) electrons. The summed E-state index contributed by atoms with van der Waals surface area (Å²) in [6.45, 7) is 0. The van der Waals surface area contributed by atoms with Crippen molar-refractivity contribution in [1.29, 1.82) is 0 Å². The quantitative estimate of drug-likeness (QED) is 0.808. The molecule has 6 heteroatoms. The average molecular weight is 308 g/mol. The first kappa shape index (κ1) is 11.1. The van der Waals surface area contributed by atoms with Gasteiger partial charge in [-0.3, -0.25) is 0 Å². The largest absolute Gasteiger partial charge is 0.420 e. The molecular weight excluding hydrogens is 300 g/mol. The standard InChI is InChI=1S/C9H8BrClN2OS/c10-6-3-5-15-8(6)9-13-12-7(14-9)2-1-4-11/h3,5H,1-2,4H2. The van der Waals surface area contributed by atoms with Crippen molar-refractivity contribution < 1.29 is 4.42 Å². The van der Waals surface area contributed by atoms with E-state index in [4.69, 9.17) is 16.0 Å². The summed E-state index contributed by atoms with van der Waals surface area (Å²) in [7, 11) is 0. The SMILES string of the molecule is ClCCCc1nnc(-c2sccc2Br)o1. The van der Waals surface area contributed by atoms with Crippen molar-refractivity contribution in [3.8, 4) is 10.8 Å². The van der Waals surface area contributed by atoms with Gasteiger partial charge in [0.1, 0.15) is 4.88 Å². The van der Waals surface area contributed by atoms with Gasteiger partial charge in [-0.25, -0.2) is 0 Å². The number of aromatic nitrogens is 2. The van der Waals surface area contributed by atoms with E-state index in [-0.39, 0.29) is 0 Å². The molecule has 0 unspecified atom stereocenters. The van der Waals surface area contributed by atoms with Gasteiger partial charge in [-0.05, 0) is 33.8 Å². The van der Waals surface area contributed by atoms with Crippen molar-refractivity contribution in [3.05, 3.63) is 21.8 Å². The maximum absolute atomic E-state index is 5.59. The van der Waals surface area contributed by atoms with Gasteiger partial charge in [0.2, 0.25) is 5.89 Å². The van der Waals surface area contributed by atoms with Crippen molar-refractivity contribution in [1.82, 2.24) is 10.2 Å². The highest BCUT2D eigenvalue weighted by atomic mass is 79.9. The Bertz CT molecular complexity index is 443. The molecule has 0 atom stereocenters. The normalized spacial score (nSPS) is 10.8. The first-order valence-electron chi connectivity index (χ1n) is 4.43. The fourth-order valence-electron chi connectivity index (χ4n) is 1.11. The lowest BCUT2D eigenvalue weighted by Gasteiger charge is -1.90. The number of thiophene rings is 1. The Labute approximate surface area is 105 Å². The van der Waals surface area contributed by atoms with Gasteiger partial charge in [-0.2, -0.15) is 0 Å². The van der Waals surface area contributed by atoms with E-state index in [1.165, 1.54) is 0 Å². The number of halogens is 2. The predicted molar refractivity (Wildman–Crippen MR) is 64.4 cm³/mol. The Hall–Kier alpha value is -0.390. The molecule has 0 aliphatic carbocycles. The van der Waals surface area contributed by atoms with Gasteiger partial charge >= 0.3 is 0 Å². The van der Waals surface area contributed by atoms with E-state index in [2.05, 4.69) is 26.1 Å². The number of alkyl halides is 1. The third-order valence-corrected chi connectivity index (χ3v) is 3.90. The van der Waals surface area contributed by atoms with Crippen LogP contribution >= 0.6 is 38.9 Å². The number of nitrogens with zero attached hydrogens (tertiary/aromatic N) is 2. The molecule has 0 saturated carbocycles. The van der Waals surface area contributed by atoms with Crippen molar-refractivity contribution in [3.63, 3.8) is 0 Å². The lowest BCUT2D eigenvalue weighted by atomic mass is 10.3. The molecule has 3 nitrogen and oxygen atoms in total. The molecule has 0 amide bonds. The smallest absolute Gasteiger partial charge is 0.258 e. The minimum absolute atomic E-state index is 0.571. The van der Waals surface area contributed by atoms with Crippen LogP contribution in [0.25, 0.3) is 10.8 Å². The Morgan fingerprint density at radius 2 is 2.33 bits per heavy atom. The first-order chi connectivity index (χ1) is 7.31. The van der Waals surface area contributed by atoms with Crippen LogP contribution in [-0.2, 0) is 6.42 Å². The van der Waals surface area contributed by atoms with Gasteiger partial charge in [0, 0.05) is 16.8 Å². The molecule has 2 aromatic rings. The summed E-state index contributed by atoms with van der Waals surface area (Å²) in [5.74, 6) is 1.83. The number of hydrogen-bond donors (Lipinski definition) is 0. The first-order valence-corrected chi connectivity index (χ1v) is 6.63. The van der Waals surface area contributed by atoms with Gasteiger partial charge < -0.3 is 4.42 Å². The fraction of sp³-hybridized carbons (Fsp3) is 0.333. The van der Waals surface area contributed by atoms with E-state index in [0.29, 0.717) is 17.7 Å². The highest BCUT2D eigenvalue weighted by Gasteiger charge is 2.12. The fourth-order valence-corrected chi connectivity index (χ4v) is 2.71. The molecule has 80 valence electrons. The monoisotopic (exact) mass is 306 g/mol. The molecule has 0 bridgehead atoms. The molecule has 2 rings (SSSR count). The molecule has 0 spiro atoms. The van der Waals surface area contributed by atoms with Gasteiger partial charge in [-0.15, -0.1) is 33.1 Å². The van der Waals surface area contributed by atoms with Crippen LogP contribution in [0.3, 0.4) is 0 Å². The highest BCUT2D eigenvalue weighted by molar-refractivity contribution is 9.10. The van der Waals surface area contributed by atoms with Crippen molar-refractivity contribution in [2.24, 2.45) is 0 Å². The summed E-state index contributed by atoms with van der Waals surface area (Å²) in [6, 6.07) is 1.96. The molecule has 0 saturated heterocycles. The van der Waals surface area contributed by atoms with E-state index in [1.54, 1.807) is 11.3 Å². The second kappa shape index (κ2) is 5.09. The van der Waals surface area contributed by atoms with Crippen LogP contribution in [0.5, 0.6) is 0 Å². The summed E-state index contributed by atoms with van der Waals surface area (Å²) in [4.78, 5) is 0.972. The van der Waals surface area contributed by atoms with Gasteiger partial charge in [-0.1, -0.05) is 0 Å². The van der Waals surface area contributed by atoms with Crippen LogP contribution in [0.1, 0.15) is 12.3 Å². The predicted octanol–water partition coefficient (Wildman–Crippen LogP) is 3.73. The molecule has 0 N–H and O–H groups in total. The van der Waals surface area contributed by atoms with E-state index in [1.807, 2.05) is 11.4 Å². The Kier molecular flexibility index (Phi) is 3.77. The zero-order chi connectivity index (χ0) is 10.7. The minimum Gasteiger partial charge on any atom is -0.420 e. The molecule has 0 fully saturated rings.